The van der Waals surface area contributed by atoms with E-state index in [-0.39, 0.29) is 23.4 Å². The van der Waals surface area contributed by atoms with E-state index in [1.165, 1.54) is 25.5 Å². The smallest absolute Gasteiger partial charge is 0.257 e. The first kappa shape index (κ1) is 16.8. The fourth-order valence-electron chi connectivity index (χ4n) is 4.40. The lowest BCUT2D eigenvalue weighted by molar-refractivity contribution is -0.131. The summed E-state index contributed by atoms with van der Waals surface area (Å²) in [6, 6.07) is 7.39. The molecule has 0 radical (unpaired) electrons. The lowest BCUT2D eigenvalue weighted by atomic mass is 9.85. The maximum Gasteiger partial charge on any atom is 0.257 e. The minimum atomic E-state index is -0.509. The number of nitrogens with zero attached hydrogens (tertiary/aromatic N) is 1. The van der Waals surface area contributed by atoms with E-state index < -0.39 is 5.91 Å². The molecule has 1 aromatic heterocycles. The van der Waals surface area contributed by atoms with Gasteiger partial charge in [0, 0.05) is 29.7 Å². The molecule has 2 unspecified atom stereocenters. The third kappa shape index (κ3) is 3.00. The largest absolute Gasteiger partial charge is 0.360 e. The van der Waals surface area contributed by atoms with Crippen molar-refractivity contribution < 1.29 is 9.59 Å². The lowest BCUT2D eigenvalue weighted by Crippen LogP contribution is -2.45. The molecule has 0 bridgehead atoms. The van der Waals surface area contributed by atoms with Crippen LogP contribution in [0.2, 0.25) is 0 Å². The third-order valence-electron chi connectivity index (χ3n) is 5.76. The van der Waals surface area contributed by atoms with Gasteiger partial charge in [0.25, 0.3) is 5.91 Å². The molecular weight excluding hydrogens is 330 g/mol. The van der Waals surface area contributed by atoms with Crippen LogP contribution >= 0.6 is 0 Å². The van der Waals surface area contributed by atoms with Gasteiger partial charge in [-0.05, 0) is 37.3 Å². The quantitative estimate of drug-likeness (QED) is 0.886. The number of pyridine rings is 1. The third-order valence-corrected chi connectivity index (χ3v) is 5.76. The zero-order valence-electron chi connectivity index (χ0n) is 14.7. The summed E-state index contributed by atoms with van der Waals surface area (Å²) in [4.78, 5) is 42.3. The number of likely N-dealkylation sites (tertiary alicyclic amines) is 1. The van der Waals surface area contributed by atoms with Crippen molar-refractivity contribution in [1.29, 1.82) is 0 Å². The zero-order chi connectivity index (χ0) is 18.1. The number of hydrogen-bond donors (Lipinski definition) is 2. The normalized spacial score (nSPS) is 22.2. The Labute approximate surface area is 151 Å². The summed E-state index contributed by atoms with van der Waals surface area (Å²) in [6.45, 7) is 0.717. The number of benzene rings is 1. The zero-order valence-corrected chi connectivity index (χ0v) is 14.7. The molecule has 2 heterocycles. The molecule has 2 amide bonds. The molecule has 2 aliphatic rings. The Morgan fingerprint density at radius 2 is 1.96 bits per heavy atom. The van der Waals surface area contributed by atoms with Crippen molar-refractivity contribution >= 4 is 22.7 Å². The number of aromatic nitrogens is 1. The van der Waals surface area contributed by atoms with E-state index in [0.29, 0.717) is 22.9 Å². The molecule has 136 valence electrons. The molecule has 1 aromatic carbocycles. The van der Waals surface area contributed by atoms with Gasteiger partial charge in [-0.1, -0.05) is 25.0 Å². The maximum absolute atomic E-state index is 12.6. The highest BCUT2D eigenvalue weighted by Gasteiger charge is 2.37. The SMILES string of the molecule is O=C(NCC(=O)N1CCC2CCCCC21)c1c[nH]c2ccccc2c1=O. The average Bonchev–Trinajstić information content (AvgIpc) is 3.10. The predicted molar refractivity (Wildman–Crippen MR) is 99.0 cm³/mol. The number of fused-ring (bicyclic) bond motifs is 2. The van der Waals surface area contributed by atoms with Gasteiger partial charge in [0.05, 0.1) is 6.54 Å². The second-order valence-electron chi connectivity index (χ2n) is 7.25. The van der Waals surface area contributed by atoms with E-state index in [1.54, 1.807) is 18.2 Å². The molecule has 2 aromatic rings. The Morgan fingerprint density at radius 1 is 1.15 bits per heavy atom. The molecule has 26 heavy (non-hydrogen) atoms. The van der Waals surface area contributed by atoms with Crippen LogP contribution in [-0.4, -0.2) is 40.8 Å². The van der Waals surface area contributed by atoms with Gasteiger partial charge in [-0.2, -0.15) is 0 Å². The van der Waals surface area contributed by atoms with Crippen LogP contribution < -0.4 is 10.7 Å². The molecule has 6 nitrogen and oxygen atoms in total. The van der Waals surface area contributed by atoms with Crippen LogP contribution in [0.5, 0.6) is 0 Å². The minimum absolute atomic E-state index is 0.0356. The van der Waals surface area contributed by atoms with Crippen molar-refractivity contribution in [2.75, 3.05) is 13.1 Å². The predicted octanol–water partition coefficient (Wildman–Crippen LogP) is 2.05. The molecule has 0 spiro atoms. The topological polar surface area (TPSA) is 82.3 Å². The number of amides is 2. The number of nitrogens with one attached hydrogen (secondary N) is 2. The van der Waals surface area contributed by atoms with Crippen molar-refractivity contribution in [2.24, 2.45) is 5.92 Å². The average molecular weight is 353 g/mol. The van der Waals surface area contributed by atoms with Gasteiger partial charge in [-0.3, -0.25) is 14.4 Å². The molecule has 6 heteroatoms. The Morgan fingerprint density at radius 3 is 2.85 bits per heavy atom. The van der Waals surface area contributed by atoms with Crippen LogP contribution in [0.3, 0.4) is 0 Å². The van der Waals surface area contributed by atoms with Crippen LogP contribution in [0.25, 0.3) is 10.9 Å². The van der Waals surface area contributed by atoms with Crippen molar-refractivity contribution in [1.82, 2.24) is 15.2 Å². The number of aromatic amines is 1. The van der Waals surface area contributed by atoms with Crippen molar-refractivity contribution in [3.63, 3.8) is 0 Å². The van der Waals surface area contributed by atoms with E-state index in [2.05, 4.69) is 10.3 Å². The van der Waals surface area contributed by atoms with Gasteiger partial charge >= 0.3 is 0 Å². The number of rotatable bonds is 3. The highest BCUT2D eigenvalue weighted by Crippen LogP contribution is 2.35. The first-order valence-corrected chi connectivity index (χ1v) is 9.33. The fraction of sp³-hybridized carbons (Fsp3) is 0.450. The van der Waals surface area contributed by atoms with Gasteiger partial charge in [0.1, 0.15) is 5.56 Å². The van der Waals surface area contributed by atoms with Crippen LogP contribution in [-0.2, 0) is 4.79 Å². The van der Waals surface area contributed by atoms with Crippen molar-refractivity contribution in [3.8, 4) is 0 Å². The van der Waals surface area contributed by atoms with Crippen LogP contribution in [0.4, 0.5) is 0 Å². The second kappa shape index (κ2) is 6.94. The first-order valence-electron chi connectivity index (χ1n) is 9.33. The molecule has 2 atom stereocenters. The van der Waals surface area contributed by atoms with Gasteiger partial charge in [0.15, 0.2) is 0 Å². The highest BCUT2D eigenvalue weighted by atomic mass is 16.2. The molecule has 2 fully saturated rings. The Hall–Kier alpha value is -2.63. The van der Waals surface area contributed by atoms with Gasteiger partial charge in [-0.15, -0.1) is 0 Å². The Balaban J connectivity index is 1.43. The van der Waals surface area contributed by atoms with Crippen molar-refractivity contribution in [3.05, 3.63) is 46.2 Å². The molecule has 1 aliphatic carbocycles. The molecule has 2 N–H and O–H groups in total. The van der Waals surface area contributed by atoms with Crippen molar-refractivity contribution in [2.45, 2.75) is 38.1 Å². The maximum atomic E-state index is 12.6. The number of carbonyl (C=O) groups excluding carboxylic acids is 2. The number of para-hydroxylation sites is 1. The monoisotopic (exact) mass is 353 g/mol. The van der Waals surface area contributed by atoms with Crippen LogP contribution in [0.15, 0.2) is 35.3 Å². The summed E-state index contributed by atoms with van der Waals surface area (Å²) in [5.74, 6) is 0.0569. The molecule has 4 rings (SSSR count). The summed E-state index contributed by atoms with van der Waals surface area (Å²) >= 11 is 0. The summed E-state index contributed by atoms with van der Waals surface area (Å²) < 4.78 is 0. The second-order valence-corrected chi connectivity index (χ2v) is 7.25. The Bertz CT molecular complexity index is 905. The summed E-state index contributed by atoms with van der Waals surface area (Å²) in [5, 5.41) is 3.10. The molecular formula is C20H23N3O3. The van der Waals surface area contributed by atoms with Crippen LogP contribution in [0, 0.1) is 5.92 Å². The van der Waals surface area contributed by atoms with Crippen LogP contribution in [0.1, 0.15) is 42.5 Å². The van der Waals surface area contributed by atoms with Gasteiger partial charge < -0.3 is 15.2 Å². The minimum Gasteiger partial charge on any atom is -0.360 e. The van der Waals surface area contributed by atoms with E-state index in [0.717, 1.165) is 19.4 Å². The highest BCUT2D eigenvalue weighted by molar-refractivity contribution is 5.98. The van der Waals surface area contributed by atoms with E-state index in [4.69, 9.17) is 0 Å². The Kier molecular flexibility index (Phi) is 4.49. The first-order chi connectivity index (χ1) is 12.6. The molecule has 1 aliphatic heterocycles. The fourth-order valence-corrected chi connectivity index (χ4v) is 4.40. The number of carbonyl (C=O) groups is 2. The standard InChI is InChI=1S/C20H23N3O3/c24-18(23-10-9-13-5-1-4-8-17(13)23)12-22-20(26)15-11-21-16-7-3-2-6-14(16)19(15)25/h2-3,6-7,11,13,17H,1,4-5,8-10,12H2,(H,21,25)(H,22,26). The lowest BCUT2D eigenvalue weighted by Gasteiger charge is -2.31. The van der Waals surface area contributed by atoms with E-state index >= 15 is 0 Å². The molecule has 1 saturated heterocycles. The summed E-state index contributed by atoms with van der Waals surface area (Å²) in [6.07, 6.45) is 7.17. The van der Waals surface area contributed by atoms with E-state index in [1.807, 2.05) is 11.0 Å². The van der Waals surface area contributed by atoms with Gasteiger partial charge in [0.2, 0.25) is 11.3 Å². The van der Waals surface area contributed by atoms with E-state index in [9.17, 15) is 14.4 Å². The van der Waals surface area contributed by atoms with Gasteiger partial charge in [-0.25, -0.2) is 0 Å². The number of hydrogen-bond acceptors (Lipinski definition) is 3. The number of H-pyrrole nitrogens is 1. The summed E-state index contributed by atoms with van der Waals surface area (Å²) in [5.41, 5.74) is 0.400. The summed E-state index contributed by atoms with van der Waals surface area (Å²) in [7, 11) is 0. The molecule has 1 saturated carbocycles.